The molecule has 1 N–H and O–H groups in total. The number of anilines is 1. The van der Waals surface area contributed by atoms with E-state index in [0.29, 0.717) is 28.8 Å². The Hall–Kier alpha value is -0.800. The molecule has 1 aromatic rings. The van der Waals surface area contributed by atoms with Crippen LogP contribution in [0.3, 0.4) is 0 Å². The van der Waals surface area contributed by atoms with Crippen LogP contribution in [0, 0.1) is 6.92 Å². The molecule has 0 aliphatic carbocycles. The second-order valence-corrected chi connectivity index (χ2v) is 3.52. The lowest BCUT2D eigenvalue weighted by Crippen LogP contribution is -2.12. The number of amides is 1. The standard InChI is InChI=1S/C9H10Cl2N2O/c1-6-7(2-3-8(11)12-6)13-9(14)4-5-10/h2-3H,4-5H2,1H3,(H,13,14). The zero-order chi connectivity index (χ0) is 10.6. The van der Waals surface area contributed by atoms with E-state index >= 15 is 0 Å². The van der Waals surface area contributed by atoms with Crippen LogP contribution in [0.15, 0.2) is 12.1 Å². The minimum atomic E-state index is -0.118. The molecule has 0 saturated carbocycles. The van der Waals surface area contributed by atoms with E-state index < -0.39 is 0 Å². The molecule has 0 radical (unpaired) electrons. The van der Waals surface area contributed by atoms with Gasteiger partial charge in [0.2, 0.25) is 5.91 Å². The first-order valence-corrected chi connectivity index (χ1v) is 5.03. The molecule has 0 bridgehead atoms. The summed E-state index contributed by atoms with van der Waals surface area (Å²) >= 11 is 11.1. The number of hydrogen-bond donors (Lipinski definition) is 1. The molecule has 3 nitrogen and oxygen atoms in total. The first kappa shape index (κ1) is 11.3. The maximum absolute atomic E-state index is 11.2. The van der Waals surface area contributed by atoms with Crippen molar-refractivity contribution in [1.29, 1.82) is 0 Å². The van der Waals surface area contributed by atoms with Gasteiger partial charge < -0.3 is 5.32 Å². The molecule has 5 heteroatoms. The fraction of sp³-hybridized carbons (Fsp3) is 0.333. The van der Waals surface area contributed by atoms with Gasteiger partial charge in [-0.2, -0.15) is 0 Å². The van der Waals surface area contributed by atoms with E-state index in [1.54, 1.807) is 19.1 Å². The highest BCUT2D eigenvalue weighted by molar-refractivity contribution is 6.29. The predicted molar refractivity (Wildman–Crippen MR) is 58.0 cm³/mol. The first-order chi connectivity index (χ1) is 6.63. The lowest BCUT2D eigenvalue weighted by atomic mass is 10.3. The highest BCUT2D eigenvalue weighted by atomic mass is 35.5. The summed E-state index contributed by atoms with van der Waals surface area (Å²) < 4.78 is 0. The number of rotatable bonds is 3. The van der Waals surface area contributed by atoms with Gasteiger partial charge in [0.15, 0.2) is 0 Å². The molecule has 14 heavy (non-hydrogen) atoms. The SMILES string of the molecule is Cc1nc(Cl)ccc1NC(=O)CCCl. The van der Waals surface area contributed by atoms with Gasteiger partial charge in [-0.25, -0.2) is 4.98 Å². The van der Waals surface area contributed by atoms with Gasteiger partial charge in [0.25, 0.3) is 0 Å². The van der Waals surface area contributed by atoms with Crippen LogP contribution in [0.1, 0.15) is 12.1 Å². The van der Waals surface area contributed by atoms with Crippen molar-refractivity contribution < 1.29 is 4.79 Å². The van der Waals surface area contributed by atoms with Gasteiger partial charge >= 0.3 is 0 Å². The largest absolute Gasteiger partial charge is 0.324 e. The first-order valence-electron chi connectivity index (χ1n) is 4.12. The van der Waals surface area contributed by atoms with Gasteiger partial charge in [0, 0.05) is 12.3 Å². The molecule has 0 atom stereocenters. The molecule has 0 spiro atoms. The van der Waals surface area contributed by atoms with Crippen LogP contribution >= 0.6 is 23.2 Å². The molecule has 0 aliphatic heterocycles. The molecular formula is C9H10Cl2N2O. The fourth-order valence-corrected chi connectivity index (χ4v) is 1.32. The second-order valence-electron chi connectivity index (χ2n) is 2.75. The number of hydrogen-bond acceptors (Lipinski definition) is 2. The van der Waals surface area contributed by atoms with Gasteiger partial charge in [0.1, 0.15) is 5.15 Å². The number of halogens is 2. The van der Waals surface area contributed by atoms with Crippen LogP contribution in [-0.2, 0) is 4.79 Å². The van der Waals surface area contributed by atoms with E-state index in [4.69, 9.17) is 23.2 Å². The number of nitrogens with zero attached hydrogens (tertiary/aromatic N) is 1. The molecule has 1 amide bonds. The number of carbonyl (C=O) groups excluding carboxylic acids is 1. The summed E-state index contributed by atoms with van der Waals surface area (Å²) in [7, 11) is 0. The quantitative estimate of drug-likeness (QED) is 0.644. The summed E-state index contributed by atoms with van der Waals surface area (Å²) in [4.78, 5) is 15.2. The molecule has 0 saturated heterocycles. The fourth-order valence-electron chi connectivity index (χ4n) is 0.961. The lowest BCUT2D eigenvalue weighted by Gasteiger charge is -2.06. The van der Waals surface area contributed by atoms with Crippen molar-refractivity contribution in [3.05, 3.63) is 23.0 Å². The minimum absolute atomic E-state index is 0.118. The number of carbonyl (C=O) groups is 1. The van der Waals surface area contributed by atoms with Crippen molar-refractivity contribution in [3.63, 3.8) is 0 Å². The normalized spacial score (nSPS) is 9.93. The summed E-state index contributed by atoms with van der Waals surface area (Å²) in [5.74, 6) is 0.193. The number of alkyl halides is 1. The topological polar surface area (TPSA) is 42.0 Å². The minimum Gasteiger partial charge on any atom is -0.324 e. The van der Waals surface area contributed by atoms with E-state index in [9.17, 15) is 4.79 Å². The van der Waals surface area contributed by atoms with Crippen molar-refractivity contribution >= 4 is 34.8 Å². The molecule has 0 fully saturated rings. The Kier molecular flexibility index (Phi) is 4.17. The van der Waals surface area contributed by atoms with Crippen LogP contribution in [0.2, 0.25) is 5.15 Å². The van der Waals surface area contributed by atoms with Crippen LogP contribution < -0.4 is 5.32 Å². The summed E-state index contributed by atoms with van der Waals surface area (Å²) in [5.41, 5.74) is 1.37. The Morgan fingerprint density at radius 3 is 2.86 bits per heavy atom. The monoisotopic (exact) mass is 232 g/mol. The van der Waals surface area contributed by atoms with Crippen molar-refractivity contribution in [2.45, 2.75) is 13.3 Å². The van der Waals surface area contributed by atoms with Crippen molar-refractivity contribution in [2.75, 3.05) is 11.2 Å². The van der Waals surface area contributed by atoms with E-state index in [1.807, 2.05) is 0 Å². The van der Waals surface area contributed by atoms with E-state index in [0.717, 1.165) is 0 Å². The third kappa shape index (κ3) is 3.16. The predicted octanol–water partition coefficient (Wildman–Crippen LogP) is 2.61. The molecule has 0 aromatic carbocycles. The van der Waals surface area contributed by atoms with Gasteiger partial charge in [0.05, 0.1) is 11.4 Å². The Bertz CT molecular complexity index is 342. The average molecular weight is 233 g/mol. The summed E-state index contributed by atoms with van der Waals surface area (Å²) in [6.07, 6.45) is 0.295. The Morgan fingerprint density at radius 2 is 2.29 bits per heavy atom. The van der Waals surface area contributed by atoms with Crippen LogP contribution in [0.25, 0.3) is 0 Å². The lowest BCUT2D eigenvalue weighted by molar-refractivity contribution is -0.115. The summed E-state index contributed by atoms with van der Waals surface area (Å²) in [6, 6.07) is 3.35. The van der Waals surface area contributed by atoms with E-state index in [-0.39, 0.29) is 5.91 Å². The molecule has 0 aliphatic rings. The number of pyridine rings is 1. The highest BCUT2D eigenvalue weighted by Crippen LogP contribution is 2.15. The zero-order valence-corrected chi connectivity index (χ0v) is 9.19. The van der Waals surface area contributed by atoms with Gasteiger partial charge in [-0.05, 0) is 19.1 Å². The Labute approximate surface area is 92.4 Å². The number of aryl methyl sites for hydroxylation is 1. The van der Waals surface area contributed by atoms with E-state index in [2.05, 4.69) is 10.3 Å². The molecular weight excluding hydrogens is 223 g/mol. The molecule has 1 heterocycles. The smallest absolute Gasteiger partial charge is 0.225 e. The van der Waals surface area contributed by atoms with Crippen molar-refractivity contribution in [2.24, 2.45) is 0 Å². The van der Waals surface area contributed by atoms with Gasteiger partial charge in [-0.3, -0.25) is 4.79 Å². The summed E-state index contributed by atoms with van der Waals surface area (Å²) in [6.45, 7) is 1.78. The van der Waals surface area contributed by atoms with Gasteiger partial charge in [-0.15, -0.1) is 11.6 Å². The molecule has 1 aromatic heterocycles. The molecule has 1 rings (SSSR count). The van der Waals surface area contributed by atoms with Crippen molar-refractivity contribution in [3.8, 4) is 0 Å². The Balaban J connectivity index is 2.72. The molecule has 0 unspecified atom stereocenters. The van der Waals surface area contributed by atoms with E-state index in [1.165, 1.54) is 0 Å². The maximum Gasteiger partial charge on any atom is 0.225 e. The van der Waals surface area contributed by atoms with Crippen LogP contribution in [-0.4, -0.2) is 16.8 Å². The van der Waals surface area contributed by atoms with Crippen LogP contribution in [0.4, 0.5) is 5.69 Å². The zero-order valence-electron chi connectivity index (χ0n) is 7.68. The maximum atomic E-state index is 11.2. The number of nitrogens with one attached hydrogen (secondary N) is 1. The third-order valence-electron chi connectivity index (χ3n) is 1.65. The van der Waals surface area contributed by atoms with Crippen LogP contribution in [0.5, 0.6) is 0 Å². The van der Waals surface area contributed by atoms with Crippen molar-refractivity contribution in [1.82, 2.24) is 4.98 Å². The average Bonchev–Trinajstić information content (AvgIpc) is 2.10. The Morgan fingerprint density at radius 1 is 1.57 bits per heavy atom. The number of aromatic nitrogens is 1. The second kappa shape index (κ2) is 5.17. The third-order valence-corrected chi connectivity index (χ3v) is 2.05. The van der Waals surface area contributed by atoms with Gasteiger partial charge in [-0.1, -0.05) is 11.6 Å². The highest BCUT2D eigenvalue weighted by Gasteiger charge is 2.04. The molecule has 76 valence electrons. The summed E-state index contributed by atoms with van der Waals surface area (Å²) in [5, 5.41) is 3.11.